The van der Waals surface area contributed by atoms with Crippen molar-refractivity contribution < 1.29 is 14.5 Å². The number of aromatic hydroxyl groups is 1. The van der Waals surface area contributed by atoms with Gasteiger partial charge in [0.05, 0.1) is 0 Å². The van der Waals surface area contributed by atoms with E-state index in [9.17, 15) is 9.90 Å². The van der Waals surface area contributed by atoms with E-state index in [-0.39, 0.29) is 17.7 Å². The van der Waals surface area contributed by atoms with Crippen LogP contribution in [0.5, 0.6) is 5.75 Å². The maximum atomic E-state index is 12.4. The molecule has 1 N–H and O–H groups in total. The molecule has 1 atom stereocenters. The predicted octanol–water partition coefficient (Wildman–Crippen LogP) is 1.90. The number of benzene rings is 1. The van der Waals surface area contributed by atoms with Crippen LogP contribution in [0.1, 0.15) is 18.5 Å². The fourth-order valence-electron chi connectivity index (χ4n) is 2.10. The van der Waals surface area contributed by atoms with Gasteiger partial charge in [-0.25, -0.2) is 0 Å². The van der Waals surface area contributed by atoms with Crippen LogP contribution < -0.4 is 4.57 Å². The summed E-state index contributed by atoms with van der Waals surface area (Å²) >= 11 is 0. The van der Waals surface area contributed by atoms with Gasteiger partial charge < -0.3 is 10.0 Å². The van der Waals surface area contributed by atoms with Gasteiger partial charge in [-0.15, -0.1) is 0 Å². The molecule has 0 aliphatic carbocycles. The van der Waals surface area contributed by atoms with Crippen LogP contribution in [0, 0.1) is 0 Å². The van der Waals surface area contributed by atoms with E-state index in [2.05, 4.69) is 0 Å². The minimum absolute atomic E-state index is 0.00412. The molecule has 104 valence electrons. The van der Waals surface area contributed by atoms with Crippen molar-refractivity contribution in [3.05, 3.63) is 60.4 Å². The molecule has 1 heterocycles. The molecule has 0 unspecified atom stereocenters. The molecule has 0 spiro atoms. The average molecular weight is 271 g/mol. The standard InChI is InChI=1S/C16H18N2O2/c1-13(18-10-6-9-15(19)12-18)16(20)17(2)11-14-7-4-3-5-8-14/h3-10,12-13H,11H2,1-2H3/p+1/t13-/m1/s1. The van der Waals surface area contributed by atoms with Crippen molar-refractivity contribution in [2.24, 2.45) is 0 Å². The highest BCUT2D eigenvalue weighted by Gasteiger charge is 2.25. The summed E-state index contributed by atoms with van der Waals surface area (Å²) in [5, 5.41) is 9.47. The van der Waals surface area contributed by atoms with Crippen molar-refractivity contribution >= 4 is 5.91 Å². The Bertz CT molecular complexity index is 584. The van der Waals surface area contributed by atoms with Crippen molar-refractivity contribution in [3.63, 3.8) is 0 Å². The van der Waals surface area contributed by atoms with Crippen molar-refractivity contribution in [3.8, 4) is 5.75 Å². The lowest BCUT2D eigenvalue weighted by Gasteiger charge is -2.18. The van der Waals surface area contributed by atoms with Crippen molar-refractivity contribution in [2.45, 2.75) is 19.5 Å². The van der Waals surface area contributed by atoms with Gasteiger partial charge in [-0.1, -0.05) is 30.3 Å². The highest BCUT2D eigenvalue weighted by Crippen LogP contribution is 2.09. The van der Waals surface area contributed by atoms with E-state index in [1.165, 1.54) is 0 Å². The summed E-state index contributed by atoms with van der Waals surface area (Å²) in [5.41, 5.74) is 1.09. The minimum atomic E-state index is -0.351. The van der Waals surface area contributed by atoms with Crippen LogP contribution in [0.3, 0.4) is 0 Å². The number of hydrogen-bond acceptors (Lipinski definition) is 2. The van der Waals surface area contributed by atoms with Gasteiger partial charge in [0.1, 0.15) is 0 Å². The van der Waals surface area contributed by atoms with Crippen molar-refractivity contribution in [2.75, 3.05) is 7.05 Å². The zero-order valence-corrected chi connectivity index (χ0v) is 11.7. The monoisotopic (exact) mass is 271 g/mol. The molecule has 1 aromatic carbocycles. The van der Waals surface area contributed by atoms with E-state index < -0.39 is 0 Å². The van der Waals surface area contributed by atoms with E-state index in [4.69, 9.17) is 0 Å². The number of carbonyl (C=O) groups excluding carboxylic acids is 1. The number of rotatable bonds is 4. The highest BCUT2D eigenvalue weighted by molar-refractivity contribution is 5.78. The molecule has 0 fully saturated rings. The third kappa shape index (κ3) is 3.35. The minimum Gasteiger partial charge on any atom is -0.503 e. The smallest absolute Gasteiger partial charge is 0.291 e. The Balaban J connectivity index is 2.06. The van der Waals surface area contributed by atoms with Crippen LogP contribution in [0.15, 0.2) is 54.9 Å². The van der Waals surface area contributed by atoms with Crippen LogP contribution in [-0.2, 0) is 11.3 Å². The zero-order valence-electron chi connectivity index (χ0n) is 11.7. The first-order chi connectivity index (χ1) is 9.58. The van der Waals surface area contributed by atoms with Crippen LogP contribution >= 0.6 is 0 Å². The lowest BCUT2D eigenvalue weighted by atomic mass is 10.2. The molecular formula is C16H19N2O2+. The number of amides is 1. The van der Waals surface area contributed by atoms with Crippen LogP contribution in [-0.4, -0.2) is 23.0 Å². The van der Waals surface area contributed by atoms with Gasteiger partial charge in [0.15, 0.2) is 11.9 Å². The summed E-state index contributed by atoms with van der Waals surface area (Å²) in [4.78, 5) is 14.1. The summed E-state index contributed by atoms with van der Waals surface area (Å²) < 4.78 is 1.71. The fourth-order valence-corrected chi connectivity index (χ4v) is 2.10. The number of likely N-dealkylation sites (N-methyl/N-ethyl adjacent to an activating group) is 1. The Kier molecular flexibility index (Phi) is 4.35. The number of nitrogens with zero attached hydrogens (tertiary/aromatic N) is 2. The summed E-state index contributed by atoms with van der Waals surface area (Å²) in [6.07, 6.45) is 3.33. The van der Waals surface area contributed by atoms with E-state index >= 15 is 0 Å². The third-order valence-electron chi connectivity index (χ3n) is 3.25. The molecule has 4 nitrogen and oxygen atoms in total. The quantitative estimate of drug-likeness (QED) is 0.863. The van der Waals surface area contributed by atoms with Crippen molar-refractivity contribution in [1.29, 1.82) is 0 Å². The Labute approximate surface area is 118 Å². The number of hydrogen-bond donors (Lipinski definition) is 1. The molecule has 0 saturated heterocycles. The summed E-state index contributed by atoms with van der Waals surface area (Å²) in [6, 6.07) is 12.8. The van der Waals surface area contributed by atoms with E-state index in [1.807, 2.05) is 37.3 Å². The molecule has 2 rings (SSSR count). The average Bonchev–Trinajstić information content (AvgIpc) is 2.46. The summed E-state index contributed by atoms with van der Waals surface area (Å²) in [7, 11) is 1.79. The second-order valence-corrected chi connectivity index (χ2v) is 4.87. The lowest BCUT2D eigenvalue weighted by Crippen LogP contribution is -2.46. The molecular weight excluding hydrogens is 252 g/mol. The van der Waals surface area contributed by atoms with Crippen LogP contribution in [0.2, 0.25) is 0 Å². The maximum absolute atomic E-state index is 12.4. The normalized spacial score (nSPS) is 11.9. The Morgan fingerprint density at radius 2 is 1.95 bits per heavy atom. The van der Waals surface area contributed by atoms with Crippen LogP contribution in [0.4, 0.5) is 0 Å². The SMILES string of the molecule is C[C@H](C(=O)N(C)Cc1ccccc1)[n+]1cccc(O)c1. The molecule has 4 heteroatoms. The second-order valence-electron chi connectivity index (χ2n) is 4.87. The molecule has 0 saturated carbocycles. The molecule has 0 bridgehead atoms. The molecule has 0 aliphatic rings. The van der Waals surface area contributed by atoms with Gasteiger partial charge in [0, 0.05) is 26.6 Å². The Hall–Kier alpha value is -2.36. The first-order valence-corrected chi connectivity index (χ1v) is 6.56. The largest absolute Gasteiger partial charge is 0.503 e. The predicted molar refractivity (Wildman–Crippen MR) is 75.9 cm³/mol. The summed E-state index contributed by atoms with van der Waals surface area (Å²) in [5.74, 6) is 0.155. The molecule has 0 radical (unpaired) electrons. The van der Waals surface area contributed by atoms with Gasteiger partial charge >= 0.3 is 0 Å². The highest BCUT2D eigenvalue weighted by atomic mass is 16.3. The zero-order chi connectivity index (χ0) is 14.5. The summed E-state index contributed by atoms with van der Waals surface area (Å²) in [6.45, 7) is 2.40. The van der Waals surface area contributed by atoms with Gasteiger partial charge in [-0.3, -0.25) is 4.79 Å². The topological polar surface area (TPSA) is 44.4 Å². The second kappa shape index (κ2) is 6.19. The molecule has 0 aliphatic heterocycles. The first-order valence-electron chi connectivity index (χ1n) is 6.56. The third-order valence-corrected chi connectivity index (χ3v) is 3.25. The lowest BCUT2D eigenvalue weighted by molar-refractivity contribution is -0.707. The van der Waals surface area contributed by atoms with Crippen LogP contribution in [0.25, 0.3) is 0 Å². The van der Waals surface area contributed by atoms with Gasteiger partial charge in [0.25, 0.3) is 5.91 Å². The molecule has 20 heavy (non-hydrogen) atoms. The molecule has 2 aromatic rings. The number of carbonyl (C=O) groups is 1. The number of pyridine rings is 1. The van der Waals surface area contributed by atoms with Crippen molar-refractivity contribution in [1.82, 2.24) is 4.90 Å². The molecule has 1 amide bonds. The van der Waals surface area contributed by atoms with Gasteiger partial charge in [-0.05, 0) is 11.6 Å². The van der Waals surface area contributed by atoms with E-state index in [0.717, 1.165) is 5.56 Å². The maximum Gasteiger partial charge on any atom is 0.291 e. The van der Waals surface area contributed by atoms with E-state index in [0.29, 0.717) is 6.54 Å². The van der Waals surface area contributed by atoms with Gasteiger partial charge in [-0.2, -0.15) is 4.57 Å². The first kappa shape index (κ1) is 14.1. The Morgan fingerprint density at radius 1 is 1.25 bits per heavy atom. The fraction of sp³-hybridized carbons (Fsp3) is 0.250. The Morgan fingerprint density at radius 3 is 2.60 bits per heavy atom. The van der Waals surface area contributed by atoms with Gasteiger partial charge in [0.2, 0.25) is 12.2 Å². The number of aromatic nitrogens is 1. The van der Waals surface area contributed by atoms with E-state index in [1.54, 1.807) is 41.0 Å². The molecule has 1 aromatic heterocycles.